The van der Waals surface area contributed by atoms with Gasteiger partial charge in [0.2, 0.25) is 5.78 Å². The molecule has 0 aliphatic carbocycles. The minimum Gasteiger partial charge on any atom is -0.484 e. The number of ether oxygens (including phenoxy) is 1. The molecule has 1 aromatic carbocycles. The van der Waals surface area contributed by atoms with Crippen LogP contribution in [0.25, 0.3) is 5.13 Å². The monoisotopic (exact) mass is 374 g/mol. The lowest BCUT2D eigenvalue weighted by Crippen LogP contribution is -2.13. The van der Waals surface area contributed by atoms with Gasteiger partial charge in [0.05, 0.1) is 10.7 Å². The first-order chi connectivity index (χ1) is 11.9. The molecule has 0 N–H and O–H groups in total. The summed E-state index contributed by atoms with van der Waals surface area (Å²) in [7, 11) is 0. The number of nitrogens with zero attached hydrogens (tertiary/aromatic N) is 2. The lowest BCUT2D eigenvalue weighted by atomic mass is 10.1. The summed E-state index contributed by atoms with van der Waals surface area (Å²) < 4.78 is 7.65. The molecular formula is C19H19ClN2O2S. The van der Waals surface area contributed by atoms with Crippen LogP contribution in [0.15, 0.2) is 29.6 Å². The molecule has 6 heteroatoms. The van der Waals surface area contributed by atoms with Crippen LogP contribution in [-0.2, 0) is 0 Å². The Morgan fingerprint density at radius 3 is 2.68 bits per heavy atom. The van der Waals surface area contributed by atoms with Gasteiger partial charge in [-0.15, -0.1) is 11.3 Å². The number of halogens is 1. The SMILES string of the molecule is Cc1ccc(Cl)c(OCC(=O)c2cc(C)n(-c3nc(C)cs3)c2C)c1. The highest BCUT2D eigenvalue weighted by atomic mass is 35.5. The van der Waals surface area contributed by atoms with E-state index in [0.29, 0.717) is 16.3 Å². The lowest BCUT2D eigenvalue weighted by molar-refractivity contribution is 0.0921. The second kappa shape index (κ2) is 7.02. The number of aromatic nitrogens is 2. The molecule has 0 saturated carbocycles. The highest BCUT2D eigenvalue weighted by Crippen LogP contribution is 2.27. The molecule has 130 valence electrons. The molecule has 0 spiro atoms. The van der Waals surface area contributed by atoms with Crippen molar-refractivity contribution in [3.05, 3.63) is 62.9 Å². The van der Waals surface area contributed by atoms with Crippen molar-refractivity contribution >= 4 is 28.7 Å². The number of hydrogen-bond donors (Lipinski definition) is 0. The fourth-order valence-corrected chi connectivity index (χ4v) is 3.81. The Kier molecular flexibility index (Phi) is 4.97. The Bertz CT molecular complexity index is 943. The van der Waals surface area contributed by atoms with Gasteiger partial charge in [-0.3, -0.25) is 9.36 Å². The third-order valence-electron chi connectivity index (χ3n) is 3.98. The number of ketones is 1. The highest BCUT2D eigenvalue weighted by Gasteiger charge is 2.19. The molecule has 4 nitrogen and oxygen atoms in total. The van der Waals surface area contributed by atoms with E-state index in [0.717, 1.165) is 27.8 Å². The average molecular weight is 375 g/mol. The molecule has 0 saturated heterocycles. The maximum absolute atomic E-state index is 12.6. The molecule has 0 bridgehead atoms. The van der Waals surface area contributed by atoms with Gasteiger partial charge in [0.15, 0.2) is 11.7 Å². The van der Waals surface area contributed by atoms with Crippen LogP contribution in [0.1, 0.15) is 33.0 Å². The van der Waals surface area contributed by atoms with Gasteiger partial charge in [0, 0.05) is 22.3 Å². The van der Waals surface area contributed by atoms with Gasteiger partial charge in [0.1, 0.15) is 5.75 Å². The fraction of sp³-hybridized carbons (Fsp3) is 0.263. The molecule has 0 atom stereocenters. The van der Waals surface area contributed by atoms with Crippen molar-refractivity contribution in [2.75, 3.05) is 6.61 Å². The van der Waals surface area contributed by atoms with Crippen molar-refractivity contribution in [1.29, 1.82) is 0 Å². The van der Waals surface area contributed by atoms with Gasteiger partial charge < -0.3 is 4.74 Å². The first-order valence-corrected chi connectivity index (χ1v) is 9.16. The minimum atomic E-state index is -0.0785. The van der Waals surface area contributed by atoms with Crippen molar-refractivity contribution in [1.82, 2.24) is 9.55 Å². The van der Waals surface area contributed by atoms with E-state index >= 15 is 0 Å². The van der Waals surface area contributed by atoms with Gasteiger partial charge in [-0.25, -0.2) is 4.98 Å². The Balaban J connectivity index is 1.82. The van der Waals surface area contributed by atoms with Gasteiger partial charge in [-0.05, 0) is 51.5 Å². The quantitative estimate of drug-likeness (QED) is 0.585. The van der Waals surface area contributed by atoms with E-state index in [9.17, 15) is 4.79 Å². The molecule has 2 heterocycles. The molecule has 25 heavy (non-hydrogen) atoms. The van der Waals surface area contributed by atoms with Crippen LogP contribution in [-0.4, -0.2) is 21.9 Å². The van der Waals surface area contributed by atoms with Crippen LogP contribution in [0.4, 0.5) is 0 Å². The fourth-order valence-electron chi connectivity index (χ4n) is 2.73. The second-order valence-electron chi connectivity index (χ2n) is 6.04. The molecular weight excluding hydrogens is 356 g/mol. The third kappa shape index (κ3) is 3.62. The number of Topliss-reactive ketones (excluding diaryl/α,β-unsaturated/α-hetero) is 1. The summed E-state index contributed by atoms with van der Waals surface area (Å²) >= 11 is 7.68. The van der Waals surface area contributed by atoms with Crippen LogP contribution in [0.3, 0.4) is 0 Å². The van der Waals surface area contributed by atoms with E-state index in [-0.39, 0.29) is 12.4 Å². The highest BCUT2D eigenvalue weighted by molar-refractivity contribution is 7.12. The zero-order valence-electron chi connectivity index (χ0n) is 14.6. The van der Waals surface area contributed by atoms with E-state index in [4.69, 9.17) is 16.3 Å². The van der Waals surface area contributed by atoms with E-state index in [1.54, 1.807) is 17.4 Å². The predicted octanol–water partition coefficient (Wildman–Crippen LogP) is 5.08. The Labute approximate surface area is 156 Å². The molecule has 0 fully saturated rings. The lowest BCUT2D eigenvalue weighted by Gasteiger charge is -2.09. The van der Waals surface area contributed by atoms with Gasteiger partial charge in [0.25, 0.3) is 0 Å². The zero-order chi connectivity index (χ0) is 18.1. The first kappa shape index (κ1) is 17.7. The summed E-state index contributed by atoms with van der Waals surface area (Å²) in [6, 6.07) is 7.39. The molecule has 0 unspecified atom stereocenters. The number of rotatable bonds is 5. The van der Waals surface area contributed by atoms with E-state index < -0.39 is 0 Å². The number of aryl methyl sites for hydroxylation is 3. The van der Waals surface area contributed by atoms with Crippen molar-refractivity contribution in [3.8, 4) is 10.9 Å². The van der Waals surface area contributed by atoms with Crippen LogP contribution in [0.5, 0.6) is 5.75 Å². The number of hydrogen-bond acceptors (Lipinski definition) is 4. The van der Waals surface area contributed by atoms with E-state index in [2.05, 4.69) is 4.98 Å². The Morgan fingerprint density at radius 2 is 2.00 bits per heavy atom. The normalized spacial score (nSPS) is 10.9. The smallest absolute Gasteiger partial charge is 0.202 e. The number of carbonyl (C=O) groups is 1. The number of thiazole rings is 1. The van der Waals surface area contributed by atoms with Gasteiger partial charge >= 0.3 is 0 Å². The average Bonchev–Trinajstić information content (AvgIpc) is 3.11. The predicted molar refractivity (Wildman–Crippen MR) is 102 cm³/mol. The van der Waals surface area contributed by atoms with Crippen LogP contribution >= 0.6 is 22.9 Å². The van der Waals surface area contributed by atoms with Crippen LogP contribution < -0.4 is 4.74 Å². The minimum absolute atomic E-state index is 0.0512. The maximum Gasteiger partial charge on any atom is 0.202 e. The molecule has 0 aliphatic heterocycles. The molecule has 0 radical (unpaired) electrons. The Morgan fingerprint density at radius 1 is 1.24 bits per heavy atom. The molecule has 3 rings (SSSR count). The number of carbonyl (C=O) groups excluding carboxylic acids is 1. The second-order valence-corrected chi connectivity index (χ2v) is 7.28. The topological polar surface area (TPSA) is 44.1 Å². The largest absolute Gasteiger partial charge is 0.484 e. The summed E-state index contributed by atoms with van der Waals surface area (Å²) in [5.41, 5.74) is 4.50. The van der Waals surface area contributed by atoms with Gasteiger partial charge in [-0.1, -0.05) is 17.7 Å². The van der Waals surface area contributed by atoms with Crippen LogP contribution in [0, 0.1) is 27.7 Å². The summed E-state index contributed by atoms with van der Waals surface area (Å²) in [6.07, 6.45) is 0. The summed E-state index contributed by atoms with van der Waals surface area (Å²) in [5.74, 6) is 0.449. The van der Waals surface area contributed by atoms with Gasteiger partial charge in [-0.2, -0.15) is 0 Å². The summed E-state index contributed by atoms with van der Waals surface area (Å²) in [6.45, 7) is 7.76. The standard InChI is InChI=1S/C19H19ClN2O2S/c1-11-5-6-16(20)18(7-11)24-9-17(23)15-8-13(3)22(14(15)4)19-21-12(2)10-25-19/h5-8,10H,9H2,1-4H3. The first-order valence-electron chi connectivity index (χ1n) is 7.90. The van der Waals surface area contributed by atoms with Crippen molar-refractivity contribution in [2.45, 2.75) is 27.7 Å². The molecule has 0 amide bonds. The number of benzene rings is 1. The van der Waals surface area contributed by atoms with Crippen molar-refractivity contribution < 1.29 is 9.53 Å². The summed E-state index contributed by atoms with van der Waals surface area (Å²) in [4.78, 5) is 17.2. The van der Waals surface area contributed by atoms with E-state index in [1.165, 1.54) is 0 Å². The zero-order valence-corrected chi connectivity index (χ0v) is 16.2. The molecule has 2 aromatic heterocycles. The van der Waals surface area contributed by atoms with Crippen molar-refractivity contribution in [3.63, 3.8) is 0 Å². The third-order valence-corrected chi connectivity index (χ3v) is 5.23. The summed E-state index contributed by atoms with van der Waals surface area (Å²) in [5, 5.41) is 3.37. The van der Waals surface area contributed by atoms with Crippen LogP contribution in [0.2, 0.25) is 5.02 Å². The molecule has 0 aliphatic rings. The maximum atomic E-state index is 12.6. The Hall–Kier alpha value is -2.11. The molecule has 3 aromatic rings. The van der Waals surface area contributed by atoms with Crippen molar-refractivity contribution in [2.24, 2.45) is 0 Å². The van der Waals surface area contributed by atoms with E-state index in [1.807, 2.05) is 55.8 Å².